The summed E-state index contributed by atoms with van der Waals surface area (Å²) in [6, 6.07) is 9.80. The molecule has 27 heavy (non-hydrogen) atoms. The van der Waals surface area contributed by atoms with E-state index in [0.29, 0.717) is 12.1 Å². The molecule has 0 saturated carbocycles. The predicted molar refractivity (Wildman–Crippen MR) is 103 cm³/mol. The third kappa shape index (κ3) is 2.43. The van der Waals surface area contributed by atoms with Crippen LogP contribution in [-0.2, 0) is 17.7 Å². The van der Waals surface area contributed by atoms with Crippen molar-refractivity contribution in [1.82, 2.24) is 9.97 Å². The summed E-state index contributed by atoms with van der Waals surface area (Å²) >= 11 is 0. The van der Waals surface area contributed by atoms with E-state index >= 15 is 0 Å². The van der Waals surface area contributed by atoms with Crippen LogP contribution >= 0.6 is 0 Å². The number of aromatic nitrogens is 2. The van der Waals surface area contributed by atoms with Gasteiger partial charge in [0.15, 0.2) is 0 Å². The standard InChI is InChI=1S/C21H21FN4O/c22-13-1-3-17-18-11-25(6-5-19(18)24-20(17)7-13)14-2-4-21(23-9-14)26-10-16-8-15(26)12-27-16/h1-4,7,9,15-16,24H,5-6,8,10-12H2/t15-,16-/m0/s1. The van der Waals surface area contributed by atoms with Crippen LogP contribution in [0.4, 0.5) is 15.9 Å². The summed E-state index contributed by atoms with van der Waals surface area (Å²) in [6.45, 7) is 3.54. The normalized spacial score (nSPS) is 24.0. The molecule has 0 unspecified atom stereocenters. The molecule has 0 radical (unpaired) electrons. The third-order valence-electron chi connectivity index (χ3n) is 6.23. The Kier molecular flexibility index (Phi) is 3.26. The summed E-state index contributed by atoms with van der Waals surface area (Å²) < 4.78 is 19.2. The third-order valence-corrected chi connectivity index (χ3v) is 6.23. The van der Waals surface area contributed by atoms with E-state index in [0.717, 1.165) is 61.5 Å². The van der Waals surface area contributed by atoms with Gasteiger partial charge in [-0.2, -0.15) is 0 Å². The zero-order valence-electron chi connectivity index (χ0n) is 15.0. The average molecular weight is 364 g/mol. The molecule has 0 aliphatic carbocycles. The average Bonchev–Trinajstić information content (AvgIpc) is 3.41. The van der Waals surface area contributed by atoms with Crippen molar-refractivity contribution < 1.29 is 9.13 Å². The van der Waals surface area contributed by atoms with Gasteiger partial charge in [0, 0.05) is 48.2 Å². The van der Waals surface area contributed by atoms with Gasteiger partial charge in [-0.05, 0) is 36.8 Å². The second-order valence-electron chi connectivity index (χ2n) is 7.82. The molecule has 138 valence electrons. The van der Waals surface area contributed by atoms with Crippen molar-refractivity contribution in [2.24, 2.45) is 0 Å². The molecule has 5 nitrogen and oxygen atoms in total. The summed E-state index contributed by atoms with van der Waals surface area (Å²) in [5.41, 5.74) is 4.53. The quantitative estimate of drug-likeness (QED) is 0.758. The minimum absolute atomic E-state index is 0.196. The number of hydrogen-bond acceptors (Lipinski definition) is 4. The van der Waals surface area contributed by atoms with Crippen LogP contribution in [0.25, 0.3) is 10.9 Å². The van der Waals surface area contributed by atoms with Gasteiger partial charge in [-0.25, -0.2) is 9.37 Å². The molecule has 2 fully saturated rings. The molecule has 2 bridgehead atoms. The molecular formula is C21H21FN4O. The molecule has 2 saturated heterocycles. The molecule has 2 aromatic heterocycles. The Hall–Kier alpha value is -2.60. The zero-order valence-corrected chi connectivity index (χ0v) is 15.0. The minimum Gasteiger partial charge on any atom is -0.374 e. The van der Waals surface area contributed by atoms with Crippen molar-refractivity contribution in [2.75, 3.05) is 29.5 Å². The van der Waals surface area contributed by atoms with Gasteiger partial charge in [0.25, 0.3) is 0 Å². The first-order chi connectivity index (χ1) is 13.2. The molecule has 1 aromatic carbocycles. The molecule has 3 aliphatic heterocycles. The molecule has 5 heterocycles. The SMILES string of the molecule is Fc1ccc2c3c([nH]c2c1)CCN(c1ccc(N2C[C@@H]4C[C@H]2CO4)nc1)C3. The van der Waals surface area contributed by atoms with Gasteiger partial charge in [-0.3, -0.25) is 0 Å². The number of benzene rings is 1. The van der Waals surface area contributed by atoms with Crippen LogP contribution < -0.4 is 9.80 Å². The Morgan fingerprint density at radius 3 is 2.96 bits per heavy atom. The highest BCUT2D eigenvalue weighted by molar-refractivity contribution is 5.85. The minimum atomic E-state index is -0.196. The maximum atomic E-state index is 13.5. The lowest BCUT2D eigenvalue weighted by atomic mass is 10.0. The molecule has 1 N–H and O–H groups in total. The lowest BCUT2D eigenvalue weighted by Crippen LogP contribution is -2.37. The van der Waals surface area contributed by atoms with E-state index in [-0.39, 0.29) is 5.82 Å². The predicted octanol–water partition coefficient (Wildman–Crippen LogP) is 3.24. The summed E-state index contributed by atoms with van der Waals surface area (Å²) in [4.78, 5) is 12.9. The Bertz CT molecular complexity index is 1010. The number of anilines is 2. The van der Waals surface area contributed by atoms with Gasteiger partial charge in [0.2, 0.25) is 0 Å². The van der Waals surface area contributed by atoms with Crippen LogP contribution in [0.3, 0.4) is 0 Å². The van der Waals surface area contributed by atoms with Gasteiger partial charge in [0.1, 0.15) is 11.6 Å². The van der Waals surface area contributed by atoms with Gasteiger partial charge in [-0.1, -0.05) is 0 Å². The van der Waals surface area contributed by atoms with E-state index in [1.807, 2.05) is 12.3 Å². The molecular weight excluding hydrogens is 343 g/mol. The number of hydrogen-bond donors (Lipinski definition) is 1. The van der Waals surface area contributed by atoms with E-state index in [9.17, 15) is 4.39 Å². The monoisotopic (exact) mass is 364 g/mol. The maximum absolute atomic E-state index is 13.5. The number of morpholine rings is 1. The summed E-state index contributed by atoms with van der Waals surface area (Å²) in [5, 5.41) is 1.12. The molecule has 2 atom stereocenters. The summed E-state index contributed by atoms with van der Waals surface area (Å²) in [5.74, 6) is 0.855. The number of ether oxygens (including phenoxy) is 1. The van der Waals surface area contributed by atoms with Crippen molar-refractivity contribution in [3.05, 3.63) is 53.6 Å². The van der Waals surface area contributed by atoms with Gasteiger partial charge < -0.3 is 19.5 Å². The smallest absolute Gasteiger partial charge is 0.129 e. The lowest BCUT2D eigenvalue weighted by molar-refractivity contribution is 0.0989. The Morgan fingerprint density at radius 2 is 2.19 bits per heavy atom. The first-order valence-electron chi connectivity index (χ1n) is 9.63. The van der Waals surface area contributed by atoms with Crippen LogP contribution in [0, 0.1) is 5.82 Å². The molecule has 0 spiro atoms. The van der Waals surface area contributed by atoms with E-state index in [2.05, 4.69) is 26.9 Å². The first kappa shape index (κ1) is 15.5. The topological polar surface area (TPSA) is 44.4 Å². The van der Waals surface area contributed by atoms with E-state index in [4.69, 9.17) is 9.72 Å². The number of aromatic amines is 1. The van der Waals surface area contributed by atoms with Crippen LogP contribution in [0.1, 0.15) is 17.7 Å². The van der Waals surface area contributed by atoms with Gasteiger partial charge in [-0.15, -0.1) is 0 Å². The van der Waals surface area contributed by atoms with Crippen molar-refractivity contribution in [3.8, 4) is 0 Å². The van der Waals surface area contributed by atoms with E-state index in [1.54, 1.807) is 12.1 Å². The number of nitrogens with one attached hydrogen (secondary N) is 1. The van der Waals surface area contributed by atoms with E-state index in [1.165, 1.54) is 11.3 Å². The second-order valence-corrected chi connectivity index (χ2v) is 7.82. The van der Waals surface area contributed by atoms with Gasteiger partial charge in [0.05, 0.1) is 30.6 Å². The Balaban J connectivity index is 1.26. The molecule has 6 rings (SSSR count). The Morgan fingerprint density at radius 1 is 1.22 bits per heavy atom. The highest BCUT2D eigenvalue weighted by Gasteiger charge is 2.39. The van der Waals surface area contributed by atoms with Crippen molar-refractivity contribution >= 4 is 22.4 Å². The summed E-state index contributed by atoms with van der Waals surface area (Å²) in [7, 11) is 0. The number of halogens is 1. The molecule has 3 aliphatic rings. The fourth-order valence-corrected chi connectivity index (χ4v) is 4.83. The molecule has 0 amide bonds. The largest absolute Gasteiger partial charge is 0.374 e. The van der Waals surface area contributed by atoms with Crippen LogP contribution in [0.2, 0.25) is 0 Å². The van der Waals surface area contributed by atoms with Crippen molar-refractivity contribution in [2.45, 2.75) is 31.5 Å². The van der Waals surface area contributed by atoms with Crippen LogP contribution in [0.15, 0.2) is 36.5 Å². The molecule has 6 heteroatoms. The number of pyridine rings is 1. The zero-order chi connectivity index (χ0) is 18.0. The highest BCUT2D eigenvalue weighted by atomic mass is 19.1. The Labute approximate surface area is 156 Å². The number of H-pyrrole nitrogens is 1. The first-order valence-corrected chi connectivity index (χ1v) is 9.63. The van der Waals surface area contributed by atoms with Crippen molar-refractivity contribution in [1.29, 1.82) is 0 Å². The molecule has 3 aromatic rings. The number of rotatable bonds is 2. The fourth-order valence-electron chi connectivity index (χ4n) is 4.83. The van der Waals surface area contributed by atoms with Crippen molar-refractivity contribution in [3.63, 3.8) is 0 Å². The van der Waals surface area contributed by atoms with Gasteiger partial charge >= 0.3 is 0 Å². The lowest BCUT2D eigenvalue weighted by Gasteiger charge is -2.31. The summed E-state index contributed by atoms with van der Waals surface area (Å²) in [6.07, 6.45) is 4.42. The highest BCUT2D eigenvalue weighted by Crippen LogP contribution is 2.33. The second kappa shape index (κ2) is 5.70. The maximum Gasteiger partial charge on any atom is 0.129 e. The van der Waals surface area contributed by atoms with E-state index < -0.39 is 0 Å². The van der Waals surface area contributed by atoms with Crippen LogP contribution in [-0.4, -0.2) is 41.8 Å². The number of fused-ring (bicyclic) bond motifs is 5. The van der Waals surface area contributed by atoms with Crippen LogP contribution in [0.5, 0.6) is 0 Å². The number of nitrogens with zero attached hydrogens (tertiary/aromatic N) is 3. The fraction of sp³-hybridized carbons (Fsp3) is 0.381.